The number of carboxylic acids is 1. The molecule has 2 N–H and O–H groups in total. The van der Waals surface area contributed by atoms with Gasteiger partial charge in [0.05, 0.1) is 11.5 Å². The van der Waals surface area contributed by atoms with Crippen LogP contribution < -0.4 is 5.32 Å². The molecule has 0 saturated heterocycles. The van der Waals surface area contributed by atoms with E-state index in [0.29, 0.717) is 11.1 Å². The molecule has 0 aliphatic heterocycles. The number of aliphatic carboxylic acids is 1. The van der Waals surface area contributed by atoms with E-state index >= 15 is 0 Å². The first-order valence-electron chi connectivity index (χ1n) is 10.3. The van der Waals surface area contributed by atoms with E-state index in [0.717, 1.165) is 11.1 Å². The summed E-state index contributed by atoms with van der Waals surface area (Å²) in [5, 5.41) is 12.3. The van der Waals surface area contributed by atoms with Crippen LogP contribution in [0.1, 0.15) is 53.5 Å². The van der Waals surface area contributed by atoms with Gasteiger partial charge < -0.3 is 10.4 Å². The Labute approximate surface area is 182 Å². The molecule has 31 heavy (non-hydrogen) atoms. The highest BCUT2D eigenvalue weighted by Crippen LogP contribution is 2.27. The van der Waals surface area contributed by atoms with Crippen LogP contribution in [0.25, 0.3) is 5.57 Å². The minimum Gasteiger partial charge on any atom is -0.481 e. The van der Waals surface area contributed by atoms with Crippen molar-refractivity contribution < 1.29 is 19.5 Å². The zero-order valence-electron chi connectivity index (χ0n) is 18.0. The van der Waals surface area contributed by atoms with Crippen molar-refractivity contribution in [2.75, 3.05) is 0 Å². The van der Waals surface area contributed by atoms with Gasteiger partial charge in [-0.25, -0.2) is 0 Å². The summed E-state index contributed by atoms with van der Waals surface area (Å²) in [4.78, 5) is 36.1. The van der Waals surface area contributed by atoms with Crippen LogP contribution in [0.5, 0.6) is 0 Å². The molecular weight excluding hydrogens is 390 g/mol. The standard InChI is InChI=1S/C26H27NO4/c1-17-15-21(13-14-22(17)27-24(29)20-7-5-4-6-8-20)18-9-11-19(12-10-18)23(28)16-26(2,3)25(30)31/h4-15,17,22H,16H2,1-3H3,(H,27,29)(H,30,31). The van der Waals surface area contributed by atoms with E-state index in [-0.39, 0.29) is 30.1 Å². The molecule has 1 aliphatic rings. The van der Waals surface area contributed by atoms with Crippen LogP contribution in [0.3, 0.4) is 0 Å². The molecule has 0 bridgehead atoms. The third-order valence-corrected chi connectivity index (χ3v) is 5.55. The van der Waals surface area contributed by atoms with E-state index in [2.05, 4.69) is 11.4 Å². The molecule has 5 nitrogen and oxygen atoms in total. The molecule has 1 aliphatic carbocycles. The van der Waals surface area contributed by atoms with Gasteiger partial charge in [-0.05, 0) is 43.0 Å². The Bertz CT molecular complexity index is 1030. The van der Waals surface area contributed by atoms with Crippen molar-refractivity contribution in [3.63, 3.8) is 0 Å². The van der Waals surface area contributed by atoms with Crippen LogP contribution in [0, 0.1) is 11.3 Å². The first-order valence-corrected chi connectivity index (χ1v) is 10.3. The largest absolute Gasteiger partial charge is 0.481 e. The van der Waals surface area contributed by atoms with Crippen LogP contribution in [0.2, 0.25) is 0 Å². The molecule has 2 aromatic rings. The predicted molar refractivity (Wildman–Crippen MR) is 121 cm³/mol. The van der Waals surface area contributed by atoms with Crippen molar-refractivity contribution in [2.24, 2.45) is 11.3 Å². The number of carbonyl (C=O) groups is 3. The molecule has 0 aromatic heterocycles. The van der Waals surface area contributed by atoms with Crippen LogP contribution in [0.4, 0.5) is 0 Å². The van der Waals surface area contributed by atoms with E-state index in [1.807, 2.05) is 49.4 Å². The van der Waals surface area contributed by atoms with E-state index in [1.165, 1.54) is 0 Å². The van der Waals surface area contributed by atoms with Gasteiger partial charge in [0.2, 0.25) is 0 Å². The molecule has 0 saturated carbocycles. The van der Waals surface area contributed by atoms with Crippen LogP contribution in [-0.4, -0.2) is 28.8 Å². The number of allylic oxidation sites excluding steroid dienone is 2. The van der Waals surface area contributed by atoms with Gasteiger partial charge in [0, 0.05) is 17.5 Å². The average molecular weight is 418 g/mol. The summed E-state index contributed by atoms with van der Waals surface area (Å²) < 4.78 is 0. The van der Waals surface area contributed by atoms with E-state index in [4.69, 9.17) is 0 Å². The maximum Gasteiger partial charge on any atom is 0.309 e. The predicted octanol–water partition coefficient (Wildman–Crippen LogP) is 4.76. The van der Waals surface area contributed by atoms with Crippen molar-refractivity contribution in [1.82, 2.24) is 5.32 Å². The maximum atomic E-state index is 12.4. The average Bonchev–Trinajstić information content (AvgIpc) is 2.75. The van der Waals surface area contributed by atoms with Crippen molar-refractivity contribution in [3.05, 3.63) is 89.5 Å². The quantitative estimate of drug-likeness (QED) is 0.637. The zero-order valence-corrected chi connectivity index (χ0v) is 18.0. The molecule has 5 heteroatoms. The van der Waals surface area contributed by atoms with Gasteiger partial charge in [-0.3, -0.25) is 14.4 Å². The van der Waals surface area contributed by atoms with Gasteiger partial charge in [0.25, 0.3) is 5.91 Å². The topological polar surface area (TPSA) is 83.5 Å². The van der Waals surface area contributed by atoms with Gasteiger partial charge in [-0.2, -0.15) is 0 Å². The number of carbonyl (C=O) groups excluding carboxylic acids is 2. The third kappa shape index (κ3) is 5.37. The number of rotatable bonds is 7. The Hall–Kier alpha value is -3.47. The number of amides is 1. The van der Waals surface area contributed by atoms with Crippen molar-refractivity contribution >= 4 is 23.2 Å². The molecular formula is C26H27NO4. The summed E-state index contributed by atoms with van der Waals surface area (Å²) in [5.41, 5.74) is 2.01. The SMILES string of the molecule is CC1C=C(c2ccc(C(=O)CC(C)(C)C(=O)O)cc2)C=CC1NC(=O)c1ccccc1. The van der Waals surface area contributed by atoms with Gasteiger partial charge >= 0.3 is 5.97 Å². The molecule has 0 spiro atoms. The van der Waals surface area contributed by atoms with E-state index in [9.17, 15) is 19.5 Å². The molecule has 0 heterocycles. The van der Waals surface area contributed by atoms with Crippen molar-refractivity contribution in [3.8, 4) is 0 Å². The highest BCUT2D eigenvalue weighted by atomic mass is 16.4. The lowest BCUT2D eigenvalue weighted by Crippen LogP contribution is -2.38. The Kier molecular flexibility index (Phi) is 6.54. The van der Waals surface area contributed by atoms with Gasteiger partial charge in [0.15, 0.2) is 5.78 Å². The molecule has 3 rings (SSSR count). The smallest absolute Gasteiger partial charge is 0.309 e. The normalized spacial score (nSPS) is 18.2. The summed E-state index contributed by atoms with van der Waals surface area (Å²) in [7, 11) is 0. The van der Waals surface area contributed by atoms with E-state index in [1.54, 1.807) is 38.1 Å². The number of hydrogen-bond acceptors (Lipinski definition) is 3. The highest BCUT2D eigenvalue weighted by molar-refractivity contribution is 5.99. The number of benzene rings is 2. The molecule has 0 fully saturated rings. The lowest BCUT2D eigenvalue weighted by molar-refractivity contribution is -0.146. The first-order chi connectivity index (χ1) is 14.7. The number of Topliss-reactive ketones (excluding diaryl/α,β-unsaturated/α-hetero) is 1. The number of hydrogen-bond donors (Lipinski definition) is 2. The lowest BCUT2D eigenvalue weighted by atomic mass is 9.85. The lowest BCUT2D eigenvalue weighted by Gasteiger charge is -2.24. The summed E-state index contributed by atoms with van der Waals surface area (Å²) in [6.07, 6.45) is 6.00. The molecule has 2 atom stereocenters. The van der Waals surface area contributed by atoms with Crippen LogP contribution in [-0.2, 0) is 4.79 Å². The number of ketones is 1. The van der Waals surface area contributed by atoms with Crippen molar-refractivity contribution in [2.45, 2.75) is 33.2 Å². The van der Waals surface area contributed by atoms with E-state index < -0.39 is 11.4 Å². The summed E-state index contributed by atoms with van der Waals surface area (Å²) in [6, 6.07) is 16.2. The fourth-order valence-corrected chi connectivity index (χ4v) is 3.45. The highest BCUT2D eigenvalue weighted by Gasteiger charge is 2.30. The summed E-state index contributed by atoms with van der Waals surface area (Å²) >= 11 is 0. The fraction of sp³-hybridized carbons (Fsp3) is 0.269. The molecule has 1 amide bonds. The van der Waals surface area contributed by atoms with Gasteiger partial charge in [0.1, 0.15) is 0 Å². The molecule has 2 aromatic carbocycles. The Morgan fingerprint density at radius 3 is 2.19 bits per heavy atom. The second-order valence-corrected chi connectivity index (χ2v) is 8.57. The Morgan fingerprint density at radius 2 is 1.61 bits per heavy atom. The zero-order chi connectivity index (χ0) is 22.6. The molecule has 160 valence electrons. The number of carboxylic acid groups (broad SMARTS) is 1. The second kappa shape index (κ2) is 9.13. The van der Waals surface area contributed by atoms with Crippen LogP contribution in [0.15, 0.2) is 72.8 Å². The van der Waals surface area contributed by atoms with Gasteiger partial charge in [-0.1, -0.05) is 67.6 Å². The fourth-order valence-electron chi connectivity index (χ4n) is 3.45. The first kappa shape index (κ1) is 22.2. The monoisotopic (exact) mass is 417 g/mol. The van der Waals surface area contributed by atoms with Crippen LogP contribution >= 0.6 is 0 Å². The molecule has 0 radical (unpaired) electrons. The third-order valence-electron chi connectivity index (χ3n) is 5.55. The van der Waals surface area contributed by atoms with Gasteiger partial charge in [-0.15, -0.1) is 0 Å². The summed E-state index contributed by atoms with van der Waals surface area (Å²) in [6.45, 7) is 5.15. The Balaban J connectivity index is 1.66. The minimum atomic E-state index is -1.10. The van der Waals surface area contributed by atoms with Crippen molar-refractivity contribution in [1.29, 1.82) is 0 Å². The summed E-state index contributed by atoms with van der Waals surface area (Å²) in [5.74, 6) is -1.18. The maximum absolute atomic E-state index is 12.4. The molecule has 2 unspecified atom stereocenters. The number of nitrogens with one attached hydrogen (secondary N) is 1. The minimum absolute atomic E-state index is 0.0515. The second-order valence-electron chi connectivity index (χ2n) is 8.57. The Morgan fingerprint density at radius 1 is 0.968 bits per heavy atom.